The van der Waals surface area contributed by atoms with Crippen LogP contribution in [0.3, 0.4) is 0 Å². The van der Waals surface area contributed by atoms with Crippen molar-refractivity contribution in [3.63, 3.8) is 0 Å². The fraction of sp³-hybridized carbons (Fsp3) is 0.167. The highest BCUT2D eigenvalue weighted by atomic mass is 16.5. The number of likely N-dealkylation sites (N-methyl/N-ethyl adjacent to an activating group) is 2. The molecule has 5 rings (SSSR count). The molecule has 5 N–H and O–H groups in total. The van der Waals surface area contributed by atoms with E-state index in [1.807, 2.05) is 87.0 Å². The molecule has 0 saturated heterocycles. The lowest BCUT2D eigenvalue weighted by atomic mass is 10.0. The second kappa shape index (κ2) is 10.6. The molecule has 0 bridgehead atoms. The molecule has 3 aromatic rings. The van der Waals surface area contributed by atoms with Crippen molar-refractivity contribution in [2.24, 2.45) is 0 Å². The average molecular weight is 509 g/mol. The summed E-state index contributed by atoms with van der Waals surface area (Å²) in [5, 5.41) is 9.81. The number of anilines is 5. The molecule has 0 unspecified atom stereocenters. The zero-order valence-corrected chi connectivity index (χ0v) is 21.8. The van der Waals surface area contributed by atoms with Gasteiger partial charge in [0.1, 0.15) is 5.75 Å². The van der Waals surface area contributed by atoms with Crippen LogP contribution < -0.4 is 31.3 Å². The second-order valence-corrected chi connectivity index (χ2v) is 9.39. The van der Waals surface area contributed by atoms with Crippen molar-refractivity contribution < 1.29 is 9.53 Å². The maximum atomic E-state index is 12.8. The molecule has 0 spiro atoms. The lowest BCUT2D eigenvalue weighted by Gasteiger charge is -2.30. The number of rotatable bonds is 7. The third-order valence-electron chi connectivity index (χ3n) is 6.52. The summed E-state index contributed by atoms with van der Waals surface area (Å²) in [4.78, 5) is 17.0. The second-order valence-electron chi connectivity index (χ2n) is 9.39. The standard InChI is InChI=1S/C30H32N6O2/c1-35-15-12-25(13-16-35)32-22-6-4-20(5-7-22)30(37)34-24-10-8-23(9-11-24)33-27-14-17-36(2)29-26(27)18-21(31)19-28(29)38-3/h4-15,18-19,32-33H,16-17,31H2,1-3H3,(H,34,37). The lowest BCUT2D eigenvalue weighted by molar-refractivity contribution is 0.102. The molecule has 2 heterocycles. The maximum absolute atomic E-state index is 12.8. The number of allylic oxidation sites excluding steroid dienone is 1. The van der Waals surface area contributed by atoms with Crippen LogP contribution in [-0.2, 0) is 0 Å². The minimum atomic E-state index is -0.162. The first-order chi connectivity index (χ1) is 18.4. The smallest absolute Gasteiger partial charge is 0.255 e. The van der Waals surface area contributed by atoms with Crippen molar-refractivity contribution in [2.45, 2.75) is 0 Å². The topological polar surface area (TPSA) is 94.9 Å². The number of nitrogens with zero attached hydrogens (tertiary/aromatic N) is 2. The molecule has 8 heteroatoms. The molecule has 38 heavy (non-hydrogen) atoms. The van der Waals surface area contributed by atoms with Crippen molar-refractivity contribution in [1.82, 2.24) is 4.90 Å². The van der Waals surface area contributed by atoms with Crippen LogP contribution in [0, 0.1) is 0 Å². The Balaban J connectivity index is 1.22. The Labute approximate surface area is 223 Å². The summed E-state index contributed by atoms with van der Waals surface area (Å²) in [5.74, 6) is 0.581. The lowest BCUT2D eigenvalue weighted by Crippen LogP contribution is -2.24. The van der Waals surface area contributed by atoms with Crippen molar-refractivity contribution in [2.75, 3.05) is 60.9 Å². The summed E-state index contributed by atoms with van der Waals surface area (Å²) in [5.41, 5.74) is 13.9. The van der Waals surface area contributed by atoms with Gasteiger partial charge in [0.25, 0.3) is 5.91 Å². The first-order valence-electron chi connectivity index (χ1n) is 12.4. The third kappa shape index (κ3) is 5.44. The van der Waals surface area contributed by atoms with Crippen molar-refractivity contribution in [3.8, 4) is 5.75 Å². The molecule has 0 saturated carbocycles. The largest absolute Gasteiger partial charge is 0.494 e. The zero-order chi connectivity index (χ0) is 26.6. The summed E-state index contributed by atoms with van der Waals surface area (Å²) < 4.78 is 5.57. The highest BCUT2D eigenvalue weighted by Gasteiger charge is 2.21. The summed E-state index contributed by atoms with van der Waals surface area (Å²) in [7, 11) is 5.71. The summed E-state index contributed by atoms with van der Waals surface area (Å²) in [6, 6.07) is 18.9. The Morgan fingerprint density at radius 2 is 1.58 bits per heavy atom. The van der Waals surface area contributed by atoms with Crippen LogP contribution in [0.5, 0.6) is 5.75 Å². The molecule has 0 atom stereocenters. The fourth-order valence-electron chi connectivity index (χ4n) is 4.47. The Morgan fingerprint density at radius 3 is 2.26 bits per heavy atom. The number of nitrogen functional groups attached to an aromatic ring is 1. The van der Waals surface area contributed by atoms with Gasteiger partial charge in [-0.1, -0.05) is 0 Å². The first-order valence-corrected chi connectivity index (χ1v) is 12.4. The van der Waals surface area contributed by atoms with Crippen molar-refractivity contribution >= 4 is 40.0 Å². The minimum Gasteiger partial charge on any atom is -0.494 e. The van der Waals surface area contributed by atoms with Gasteiger partial charge in [0.05, 0.1) is 12.8 Å². The third-order valence-corrected chi connectivity index (χ3v) is 6.52. The van der Waals surface area contributed by atoms with Gasteiger partial charge in [-0.3, -0.25) is 4.79 Å². The van der Waals surface area contributed by atoms with E-state index in [4.69, 9.17) is 10.5 Å². The first kappa shape index (κ1) is 24.8. The zero-order valence-electron chi connectivity index (χ0n) is 21.8. The number of benzene rings is 3. The average Bonchev–Trinajstić information content (AvgIpc) is 2.92. The summed E-state index contributed by atoms with van der Waals surface area (Å²) in [6.07, 6.45) is 8.29. The van der Waals surface area contributed by atoms with Gasteiger partial charge in [-0.05, 0) is 72.8 Å². The van der Waals surface area contributed by atoms with E-state index in [0.29, 0.717) is 16.9 Å². The van der Waals surface area contributed by atoms with Gasteiger partial charge in [0, 0.05) is 84.7 Å². The predicted molar refractivity (Wildman–Crippen MR) is 157 cm³/mol. The van der Waals surface area contributed by atoms with Crippen LogP contribution in [-0.4, -0.2) is 45.1 Å². The summed E-state index contributed by atoms with van der Waals surface area (Å²) >= 11 is 0. The normalized spacial score (nSPS) is 14.3. The number of hydrogen-bond donors (Lipinski definition) is 4. The van der Waals surface area contributed by atoms with Crippen LogP contribution in [0.1, 0.15) is 15.9 Å². The maximum Gasteiger partial charge on any atom is 0.255 e. The molecule has 0 aromatic heterocycles. The SMILES string of the molecule is COc1cc(N)cc2c1N(C)CC=C2Nc1ccc(NC(=O)c2ccc(NC3=CCN(C)C=C3)cc2)cc1. The number of carbonyl (C=O) groups excluding carboxylic acids is 1. The molecule has 1 amide bonds. The van der Waals surface area contributed by atoms with Crippen LogP contribution in [0.25, 0.3) is 5.70 Å². The highest BCUT2D eigenvalue weighted by molar-refractivity contribution is 6.04. The Morgan fingerprint density at radius 1 is 0.895 bits per heavy atom. The molecular weight excluding hydrogens is 476 g/mol. The van der Waals surface area contributed by atoms with Crippen LogP contribution in [0.4, 0.5) is 28.4 Å². The summed E-state index contributed by atoms with van der Waals surface area (Å²) in [6.45, 7) is 1.60. The van der Waals surface area contributed by atoms with Crippen LogP contribution in [0.2, 0.25) is 0 Å². The molecule has 0 fully saturated rings. The molecule has 2 aliphatic heterocycles. The molecule has 0 aliphatic carbocycles. The van der Waals surface area contributed by atoms with Gasteiger partial charge >= 0.3 is 0 Å². The van der Waals surface area contributed by atoms with Gasteiger partial charge in [-0.15, -0.1) is 0 Å². The van der Waals surface area contributed by atoms with Crippen LogP contribution >= 0.6 is 0 Å². The van der Waals surface area contributed by atoms with E-state index in [9.17, 15) is 4.79 Å². The number of carbonyl (C=O) groups is 1. The van der Waals surface area contributed by atoms with E-state index < -0.39 is 0 Å². The fourth-order valence-corrected chi connectivity index (χ4v) is 4.47. The van der Waals surface area contributed by atoms with E-state index in [1.165, 1.54) is 0 Å². The van der Waals surface area contributed by atoms with E-state index in [0.717, 1.165) is 52.9 Å². The van der Waals surface area contributed by atoms with E-state index in [1.54, 1.807) is 7.11 Å². The van der Waals surface area contributed by atoms with Crippen molar-refractivity contribution in [3.05, 3.63) is 102 Å². The number of amides is 1. The molecule has 2 aliphatic rings. The molecular formula is C30H32N6O2. The van der Waals surface area contributed by atoms with E-state index >= 15 is 0 Å². The predicted octanol–water partition coefficient (Wildman–Crippen LogP) is 5.19. The van der Waals surface area contributed by atoms with Gasteiger partial charge in [0.15, 0.2) is 0 Å². The number of methoxy groups -OCH3 is 1. The van der Waals surface area contributed by atoms with E-state index in [2.05, 4.69) is 37.9 Å². The number of nitrogens with two attached hydrogens (primary N) is 1. The minimum absolute atomic E-state index is 0.162. The van der Waals surface area contributed by atoms with Gasteiger partial charge < -0.3 is 36.2 Å². The number of ether oxygens (including phenoxy) is 1. The molecule has 0 radical (unpaired) electrons. The van der Waals surface area contributed by atoms with Crippen molar-refractivity contribution in [1.29, 1.82) is 0 Å². The highest BCUT2D eigenvalue weighted by Crippen LogP contribution is 2.40. The molecule has 8 nitrogen and oxygen atoms in total. The Kier molecular flexibility index (Phi) is 6.95. The van der Waals surface area contributed by atoms with E-state index in [-0.39, 0.29) is 5.91 Å². The Bertz CT molecular complexity index is 1420. The quantitative estimate of drug-likeness (QED) is 0.326. The molecule has 3 aromatic carbocycles. The molecule has 194 valence electrons. The number of fused-ring (bicyclic) bond motifs is 1. The number of nitrogens with one attached hydrogen (secondary N) is 3. The monoisotopic (exact) mass is 508 g/mol. The van der Waals surface area contributed by atoms with Crippen LogP contribution in [0.15, 0.2) is 90.8 Å². The van der Waals surface area contributed by atoms with Gasteiger partial charge in [-0.25, -0.2) is 0 Å². The van der Waals surface area contributed by atoms with Gasteiger partial charge in [0.2, 0.25) is 0 Å². The van der Waals surface area contributed by atoms with Gasteiger partial charge in [-0.2, -0.15) is 0 Å². The number of hydrogen-bond acceptors (Lipinski definition) is 7. The Hall–Kier alpha value is -4.85.